The molecular formula is C21H26N4O2. The van der Waals surface area contributed by atoms with Crippen LogP contribution in [0.2, 0.25) is 0 Å². The number of aryl methyl sites for hydroxylation is 2. The Balaban J connectivity index is 2.17. The topological polar surface area (TPSA) is 59.4 Å². The number of amides is 1. The number of methoxy groups -OCH3 is 1. The molecule has 0 aliphatic heterocycles. The van der Waals surface area contributed by atoms with Crippen molar-refractivity contribution in [2.75, 3.05) is 21.2 Å². The lowest BCUT2D eigenvalue weighted by atomic mass is 10.2. The highest BCUT2D eigenvalue weighted by Crippen LogP contribution is 2.23. The highest BCUT2D eigenvalue weighted by atomic mass is 16.5. The van der Waals surface area contributed by atoms with Gasteiger partial charge in [-0.05, 0) is 43.7 Å². The Morgan fingerprint density at radius 1 is 1.26 bits per heavy atom. The number of hydrogen-bond acceptors (Lipinski definition) is 4. The number of likely N-dealkylation sites (N-methyl/N-ethyl adjacent to an activating group) is 1. The van der Waals surface area contributed by atoms with Gasteiger partial charge >= 0.3 is 0 Å². The summed E-state index contributed by atoms with van der Waals surface area (Å²) in [6, 6.07) is 5.90. The van der Waals surface area contributed by atoms with E-state index in [0.29, 0.717) is 17.1 Å². The Morgan fingerprint density at radius 3 is 2.56 bits per heavy atom. The molecule has 0 aliphatic carbocycles. The van der Waals surface area contributed by atoms with E-state index in [1.165, 1.54) is 11.0 Å². The standard InChI is InChI=1S/C21H26N4O2/c1-14-12-18(27-7)9-10-20(14)25-13-19(23-17(25)4)16(3)22-15(2)8-11-21(26)24(5)6/h8-13,22H,2-3H2,1,4-7H3/b11-8-. The van der Waals surface area contributed by atoms with Gasteiger partial charge in [-0.25, -0.2) is 4.98 Å². The second-order valence-corrected chi connectivity index (χ2v) is 6.39. The number of aromatic nitrogens is 2. The fourth-order valence-corrected chi connectivity index (χ4v) is 2.51. The molecule has 1 aromatic carbocycles. The molecule has 0 fully saturated rings. The largest absolute Gasteiger partial charge is 0.497 e. The van der Waals surface area contributed by atoms with E-state index in [1.807, 2.05) is 42.8 Å². The van der Waals surface area contributed by atoms with E-state index < -0.39 is 0 Å². The van der Waals surface area contributed by atoms with Crippen LogP contribution >= 0.6 is 0 Å². The van der Waals surface area contributed by atoms with Crippen molar-refractivity contribution in [3.05, 3.63) is 72.5 Å². The third-order valence-electron chi connectivity index (χ3n) is 4.03. The molecule has 0 saturated heterocycles. The smallest absolute Gasteiger partial charge is 0.246 e. The molecule has 27 heavy (non-hydrogen) atoms. The van der Waals surface area contributed by atoms with Crippen LogP contribution in [0.3, 0.4) is 0 Å². The Hall–Kier alpha value is -3.28. The number of imidazole rings is 1. The molecule has 0 saturated carbocycles. The van der Waals surface area contributed by atoms with Gasteiger partial charge in [0.1, 0.15) is 17.3 Å². The van der Waals surface area contributed by atoms with Crippen LogP contribution < -0.4 is 10.1 Å². The van der Waals surface area contributed by atoms with Gasteiger partial charge in [0.05, 0.1) is 12.8 Å². The number of hydrogen-bond donors (Lipinski definition) is 1. The van der Waals surface area contributed by atoms with Gasteiger partial charge in [0.15, 0.2) is 0 Å². The second kappa shape index (κ2) is 8.40. The maximum atomic E-state index is 11.6. The molecule has 6 nitrogen and oxygen atoms in total. The zero-order valence-corrected chi connectivity index (χ0v) is 16.5. The summed E-state index contributed by atoms with van der Waals surface area (Å²) in [7, 11) is 5.04. The van der Waals surface area contributed by atoms with Gasteiger partial charge in [0, 0.05) is 37.8 Å². The third-order valence-corrected chi connectivity index (χ3v) is 4.03. The van der Waals surface area contributed by atoms with Crippen LogP contribution in [-0.4, -0.2) is 41.6 Å². The molecular weight excluding hydrogens is 340 g/mol. The molecule has 0 unspecified atom stereocenters. The van der Waals surface area contributed by atoms with Gasteiger partial charge < -0.3 is 19.5 Å². The summed E-state index contributed by atoms with van der Waals surface area (Å²) < 4.78 is 7.27. The summed E-state index contributed by atoms with van der Waals surface area (Å²) in [4.78, 5) is 17.7. The monoisotopic (exact) mass is 366 g/mol. The Labute approximate surface area is 160 Å². The van der Waals surface area contributed by atoms with Crippen LogP contribution in [0.4, 0.5) is 0 Å². The number of nitrogens with one attached hydrogen (secondary N) is 1. The second-order valence-electron chi connectivity index (χ2n) is 6.39. The number of benzene rings is 1. The average Bonchev–Trinajstić information content (AvgIpc) is 3.01. The van der Waals surface area contributed by atoms with E-state index >= 15 is 0 Å². The summed E-state index contributed by atoms with van der Waals surface area (Å²) in [6.45, 7) is 11.9. The number of nitrogens with zero attached hydrogens (tertiary/aromatic N) is 3. The van der Waals surface area contributed by atoms with Gasteiger partial charge in [-0.15, -0.1) is 0 Å². The average molecular weight is 366 g/mol. The first kappa shape index (κ1) is 20.0. The first-order chi connectivity index (χ1) is 12.7. The summed E-state index contributed by atoms with van der Waals surface area (Å²) in [5.41, 5.74) is 3.97. The third kappa shape index (κ3) is 4.88. The van der Waals surface area contributed by atoms with Crippen molar-refractivity contribution in [2.24, 2.45) is 0 Å². The van der Waals surface area contributed by atoms with E-state index in [9.17, 15) is 4.79 Å². The molecule has 142 valence electrons. The summed E-state index contributed by atoms with van der Waals surface area (Å²) in [5.74, 6) is 1.54. The minimum absolute atomic E-state index is 0.112. The molecule has 0 atom stereocenters. The van der Waals surface area contributed by atoms with Crippen molar-refractivity contribution < 1.29 is 9.53 Å². The molecule has 0 spiro atoms. The van der Waals surface area contributed by atoms with Crippen molar-refractivity contribution in [3.8, 4) is 11.4 Å². The van der Waals surface area contributed by atoms with E-state index in [2.05, 4.69) is 23.5 Å². The van der Waals surface area contributed by atoms with Crippen molar-refractivity contribution >= 4 is 11.6 Å². The normalized spacial score (nSPS) is 10.7. The molecule has 0 aliphatic rings. The summed E-state index contributed by atoms with van der Waals surface area (Å²) in [6.07, 6.45) is 4.99. The zero-order chi connectivity index (χ0) is 20.1. The van der Waals surface area contributed by atoms with Gasteiger partial charge in [-0.1, -0.05) is 13.2 Å². The van der Waals surface area contributed by atoms with Crippen LogP contribution in [0.5, 0.6) is 5.75 Å². The van der Waals surface area contributed by atoms with Gasteiger partial charge in [-0.2, -0.15) is 0 Å². The molecule has 1 amide bonds. The van der Waals surface area contributed by atoms with Gasteiger partial charge in [0.2, 0.25) is 5.91 Å². The quantitative estimate of drug-likeness (QED) is 0.604. The lowest BCUT2D eigenvalue weighted by Crippen LogP contribution is -2.19. The lowest BCUT2D eigenvalue weighted by molar-refractivity contribution is -0.123. The number of ether oxygens (including phenoxy) is 1. The highest BCUT2D eigenvalue weighted by Gasteiger charge is 2.11. The number of carbonyl (C=O) groups is 1. The summed E-state index contributed by atoms with van der Waals surface area (Å²) >= 11 is 0. The van der Waals surface area contributed by atoms with Gasteiger partial charge in [0.25, 0.3) is 0 Å². The van der Waals surface area contributed by atoms with E-state index in [4.69, 9.17) is 4.74 Å². The van der Waals surface area contributed by atoms with E-state index in [-0.39, 0.29) is 5.91 Å². The van der Waals surface area contributed by atoms with Crippen molar-refractivity contribution in [3.63, 3.8) is 0 Å². The van der Waals surface area contributed by atoms with Crippen LogP contribution in [0.25, 0.3) is 11.4 Å². The SMILES string of the molecule is C=C(/C=C\C(=O)N(C)C)NC(=C)c1cn(-c2ccc(OC)cc2C)c(C)n1. The molecule has 2 aromatic rings. The van der Waals surface area contributed by atoms with Crippen LogP contribution in [0.1, 0.15) is 17.1 Å². The molecule has 6 heteroatoms. The minimum atomic E-state index is -0.112. The molecule has 2 rings (SSSR count). The van der Waals surface area contributed by atoms with Crippen molar-refractivity contribution in [1.29, 1.82) is 0 Å². The Morgan fingerprint density at radius 2 is 1.96 bits per heavy atom. The molecule has 1 N–H and O–H groups in total. The molecule has 0 bridgehead atoms. The maximum Gasteiger partial charge on any atom is 0.246 e. The van der Waals surface area contributed by atoms with Crippen LogP contribution in [0, 0.1) is 13.8 Å². The molecule has 1 aromatic heterocycles. The number of allylic oxidation sites excluding steroid dienone is 1. The number of carbonyl (C=O) groups excluding carboxylic acids is 1. The fourth-order valence-electron chi connectivity index (χ4n) is 2.51. The van der Waals surface area contributed by atoms with E-state index in [1.54, 1.807) is 27.3 Å². The van der Waals surface area contributed by atoms with Crippen LogP contribution in [-0.2, 0) is 4.79 Å². The molecule has 0 radical (unpaired) electrons. The zero-order valence-electron chi connectivity index (χ0n) is 16.5. The van der Waals surface area contributed by atoms with Crippen molar-refractivity contribution in [2.45, 2.75) is 13.8 Å². The fraction of sp³-hybridized carbons (Fsp3) is 0.238. The summed E-state index contributed by atoms with van der Waals surface area (Å²) in [5, 5.41) is 3.07. The van der Waals surface area contributed by atoms with E-state index in [0.717, 1.165) is 22.8 Å². The predicted molar refractivity (Wildman–Crippen MR) is 109 cm³/mol. The minimum Gasteiger partial charge on any atom is -0.497 e. The number of rotatable bonds is 7. The first-order valence-electron chi connectivity index (χ1n) is 8.48. The Kier molecular flexibility index (Phi) is 6.23. The maximum absolute atomic E-state index is 11.6. The van der Waals surface area contributed by atoms with Gasteiger partial charge in [-0.3, -0.25) is 4.79 Å². The lowest BCUT2D eigenvalue weighted by Gasteiger charge is -2.10. The van der Waals surface area contributed by atoms with Crippen LogP contribution in [0.15, 0.2) is 55.4 Å². The Bertz CT molecular complexity index is 907. The molecule has 1 heterocycles. The van der Waals surface area contributed by atoms with Crippen molar-refractivity contribution in [1.82, 2.24) is 19.8 Å². The first-order valence-corrected chi connectivity index (χ1v) is 8.48. The predicted octanol–water partition coefficient (Wildman–Crippen LogP) is 3.22. The highest BCUT2D eigenvalue weighted by molar-refractivity contribution is 5.87.